The minimum atomic E-state index is 0. The minimum Gasteiger partial charge on any atom is -0.373 e. The van der Waals surface area contributed by atoms with Crippen molar-refractivity contribution in [2.75, 3.05) is 19.7 Å². The normalized spacial score (nSPS) is 16.4. The predicted octanol–water partition coefficient (Wildman–Crippen LogP) is 3.95. The molecule has 1 saturated heterocycles. The Balaban J connectivity index is 0.00000147. The molecular formula is C17H22ClNO. The Kier molecular flexibility index (Phi) is 5.41. The zero-order valence-electron chi connectivity index (χ0n) is 11.8. The van der Waals surface area contributed by atoms with Crippen LogP contribution in [0.2, 0.25) is 0 Å². The summed E-state index contributed by atoms with van der Waals surface area (Å²) in [7, 11) is 0. The number of ether oxygens (including phenoxy) is 1. The number of rotatable bonds is 5. The summed E-state index contributed by atoms with van der Waals surface area (Å²) in [6.45, 7) is 5.15. The first-order valence-corrected chi connectivity index (χ1v) is 7.19. The van der Waals surface area contributed by atoms with E-state index in [2.05, 4.69) is 54.7 Å². The van der Waals surface area contributed by atoms with Gasteiger partial charge in [0.15, 0.2) is 0 Å². The quantitative estimate of drug-likeness (QED) is 0.901. The summed E-state index contributed by atoms with van der Waals surface area (Å²) in [6, 6.07) is 15.2. The monoisotopic (exact) mass is 291 g/mol. The van der Waals surface area contributed by atoms with E-state index in [4.69, 9.17) is 4.74 Å². The Morgan fingerprint density at radius 2 is 1.90 bits per heavy atom. The third-order valence-electron chi connectivity index (χ3n) is 3.84. The van der Waals surface area contributed by atoms with E-state index < -0.39 is 0 Å². The van der Waals surface area contributed by atoms with Gasteiger partial charge in [0.05, 0.1) is 6.10 Å². The summed E-state index contributed by atoms with van der Waals surface area (Å²) < 4.78 is 6.09. The van der Waals surface area contributed by atoms with Crippen molar-refractivity contribution in [3.8, 4) is 0 Å². The molecule has 1 heterocycles. The van der Waals surface area contributed by atoms with Gasteiger partial charge in [0, 0.05) is 25.6 Å². The van der Waals surface area contributed by atoms with E-state index in [1.165, 1.54) is 16.3 Å². The van der Waals surface area contributed by atoms with E-state index in [0.717, 1.165) is 26.1 Å². The highest BCUT2D eigenvalue weighted by atomic mass is 35.5. The molecule has 0 saturated carbocycles. The molecule has 0 radical (unpaired) electrons. The molecule has 0 aliphatic carbocycles. The molecule has 1 N–H and O–H groups in total. The van der Waals surface area contributed by atoms with Crippen LogP contribution in [0.4, 0.5) is 0 Å². The molecule has 0 bridgehead atoms. The van der Waals surface area contributed by atoms with Crippen LogP contribution in [0.1, 0.15) is 25.0 Å². The summed E-state index contributed by atoms with van der Waals surface area (Å²) in [5.74, 6) is 0.618. The predicted molar refractivity (Wildman–Crippen MR) is 86.5 cm³/mol. The molecule has 0 amide bonds. The lowest BCUT2D eigenvalue weighted by Gasteiger charge is -2.35. The second-order valence-corrected chi connectivity index (χ2v) is 5.32. The number of hydrogen-bond donors (Lipinski definition) is 1. The number of nitrogens with one attached hydrogen (secondary N) is 1. The first-order valence-electron chi connectivity index (χ1n) is 7.19. The van der Waals surface area contributed by atoms with E-state index in [9.17, 15) is 0 Å². The largest absolute Gasteiger partial charge is 0.373 e. The van der Waals surface area contributed by atoms with Crippen LogP contribution < -0.4 is 5.32 Å². The average Bonchev–Trinajstić information content (AvgIpc) is 2.40. The first-order chi connectivity index (χ1) is 9.38. The van der Waals surface area contributed by atoms with Crippen LogP contribution in [-0.4, -0.2) is 19.7 Å². The summed E-state index contributed by atoms with van der Waals surface area (Å²) in [5.41, 5.74) is 1.32. The maximum absolute atomic E-state index is 6.09. The van der Waals surface area contributed by atoms with Crippen molar-refractivity contribution < 1.29 is 4.74 Å². The molecular weight excluding hydrogens is 270 g/mol. The molecule has 1 aliphatic heterocycles. The number of halogens is 1. The highest BCUT2D eigenvalue weighted by molar-refractivity contribution is 5.85. The molecule has 20 heavy (non-hydrogen) atoms. The van der Waals surface area contributed by atoms with Crippen LogP contribution in [0.3, 0.4) is 0 Å². The Morgan fingerprint density at radius 3 is 2.55 bits per heavy atom. The molecule has 2 aromatic carbocycles. The number of fused-ring (bicyclic) bond motifs is 1. The molecule has 3 rings (SSSR count). The van der Waals surface area contributed by atoms with Crippen molar-refractivity contribution in [3.05, 3.63) is 48.0 Å². The zero-order valence-corrected chi connectivity index (χ0v) is 12.7. The molecule has 2 nitrogen and oxygen atoms in total. The SMILES string of the molecule is CCCOC(c1ccc2ccccc2c1)C1CNC1.Cl. The Hall–Kier alpha value is -1.09. The van der Waals surface area contributed by atoms with Crippen molar-refractivity contribution in [1.29, 1.82) is 0 Å². The van der Waals surface area contributed by atoms with Crippen molar-refractivity contribution in [2.45, 2.75) is 19.4 Å². The standard InChI is InChI=1S/C17H21NO.ClH/c1-2-9-19-17(16-11-18-12-16)15-8-7-13-5-3-4-6-14(13)10-15;/h3-8,10,16-18H,2,9,11-12H2,1H3;1H. The van der Waals surface area contributed by atoms with Crippen molar-refractivity contribution in [3.63, 3.8) is 0 Å². The molecule has 0 aromatic heterocycles. The Bertz CT molecular complexity index is 553. The van der Waals surface area contributed by atoms with Gasteiger partial charge in [0.25, 0.3) is 0 Å². The fourth-order valence-corrected chi connectivity index (χ4v) is 2.66. The van der Waals surface area contributed by atoms with Gasteiger partial charge < -0.3 is 10.1 Å². The van der Waals surface area contributed by atoms with E-state index in [1.807, 2.05) is 0 Å². The van der Waals surface area contributed by atoms with Gasteiger partial charge in [-0.3, -0.25) is 0 Å². The summed E-state index contributed by atoms with van der Waals surface area (Å²) >= 11 is 0. The molecule has 108 valence electrons. The summed E-state index contributed by atoms with van der Waals surface area (Å²) in [6.07, 6.45) is 1.32. The van der Waals surface area contributed by atoms with Gasteiger partial charge in [-0.15, -0.1) is 12.4 Å². The molecule has 1 atom stereocenters. The van der Waals surface area contributed by atoms with Crippen molar-refractivity contribution in [2.24, 2.45) is 5.92 Å². The fraction of sp³-hybridized carbons (Fsp3) is 0.412. The third-order valence-corrected chi connectivity index (χ3v) is 3.84. The highest BCUT2D eigenvalue weighted by Crippen LogP contribution is 2.31. The van der Waals surface area contributed by atoms with Crippen LogP contribution in [0, 0.1) is 5.92 Å². The molecule has 1 fully saturated rings. The van der Waals surface area contributed by atoms with E-state index in [0.29, 0.717) is 5.92 Å². The maximum Gasteiger partial charge on any atom is 0.0877 e. The smallest absolute Gasteiger partial charge is 0.0877 e. The number of hydrogen-bond acceptors (Lipinski definition) is 2. The first kappa shape index (κ1) is 15.3. The lowest BCUT2D eigenvalue weighted by atomic mass is 9.90. The molecule has 0 spiro atoms. The van der Waals surface area contributed by atoms with Crippen LogP contribution in [0.5, 0.6) is 0 Å². The summed E-state index contributed by atoms with van der Waals surface area (Å²) in [4.78, 5) is 0. The van der Waals surface area contributed by atoms with Gasteiger partial charge in [0.1, 0.15) is 0 Å². The van der Waals surface area contributed by atoms with E-state index in [-0.39, 0.29) is 18.5 Å². The minimum absolute atomic E-state index is 0. The molecule has 1 unspecified atom stereocenters. The maximum atomic E-state index is 6.09. The van der Waals surface area contributed by atoms with Gasteiger partial charge in [-0.25, -0.2) is 0 Å². The van der Waals surface area contributed by atoms with Crippen molar-refractivity contribution in [1.82, 2.24) is 5.32 Å². The average molecular weight is 292 g/mol. The van der Waals surface area contributed by atoms with Gasteiger partial charge >= 0.3 is 0 Å². The van der Waals surface area contributed by atoms with Crippen LogP contribution >= 0.6 is 12.4 Å². The van der Waals surface area contributed by atoms with E-state index >= 15 is 0 Å². The van der Waals surface area contributed by atoms with Gasteiger partial charge in [-0.1, -0.05) is 43.3 Å². The van der Waals surface area contributed by atoms with E-state index in [1.54, 1.807) is 0 Å². The lowest BCUT2D eigenvalue weighted by Crippen LogP contribution is -2.46. The van der Waals surface area contributed by atoms with Crippen LogP contribution in [0.25, 0.3) is 10.8 Å². The summed E-state index contributed by atoms with van der Waals surface area (Å²) in [5, 5.41) is 5.95. The van der Waals surface area contributed by atoms with Crippen molar-refractivity contribution >= 4 is 23.2 Å². The Labute approximate surface area is 126 Å². The molecule has 1 aliphatic rings. The van der Waals surface area contributed by atoms with Crippen LogP contribution in [0.15, 0.2) is 42.5 Å². The van der Waals surface area contributed by atoms with Gasteiger partial charge in [-0.2, -0.15) is 0 Å². The topological polar surface area (TPSA) is 21.3 Å². The Morgan fingerprint density at radius 1 is 1.15 bits per heavy atom. The van der Waals surface area contributed by atoms with Crippen LogP contribution in [-0.2, 0) is 4.74 Å². The second kappa shape index (κ2) is 7.07. The number of benzene rings is 2. The highest BCUT2D eigenvalue weighted by Gasteiger charge is 2.28. The van der Waals surface area contributed by atoms with Gasteiger partial charge in [-0.05, 0) is 28.8 Å². The second-order valence-electron chi connectivity index (χ2n) is 5.32. The fourth-order valence-electron chi connectivity index (χ4n) is 2.66. The third kappa shape index (κ3) is 3.14. The molecule has 3 heteroatoms. The molecule has 2 aromatic rings. The zero-order chi connectivity index (χ0) is 13.1. The van der Waals surface area contributed by atoms with Gasteiger partial charge in [0.2, 0.25) is 0 Å². The lowest BCUT2D eigenvalue weighted by molar-refractivity contribution is -0.00603.